The number of hydrogen-bond donors (Lipinski definition) is 1. The quantitative estimate of drug-likeness (QED) is 0.796. The molecule has 0 saturated carbocycles. The highest BCUT2D eigenvalue weighted by Crippen LogP contribution is 2.37. The molecule has 0 spiro atoms. The molecule has 0 aromatic heterocycles. The number of hydrogen-bond acceptors (Lipinski definition) is 6. The van der Waals surface area contributed by atoms with Crippen molar-refractivity contribution in [1.29, 1.82) is 0 Å². The summed E-state index contributed by atoms with van der Waals surface area (Å²) < 4.78 is 10.3. The lowest BCUT2D eigenvalue weighted by Gasteiger charge is -2.33. The van der Waals surface area contributed by atoms with Gasteiger partial charge in [0.25, 0.3) is 5.91 Å². The minimum absolute atomic E-state index is 0.0389. The van der Waals surface area contributed by atoms with Crippen molar-refractivity contribution in [2.75, 3.05) is 49.7 Å². The molecule has 1 N–H and O–H groups in total. The Bertz CT molecular complexity index is 744. The number of amides is 2. The second kappa shape index (κ2) is 6.95. The summed E-state index contributed by atoms with van der Waals surface area (Å²) in [6, 6.07) is 5.00. The zero-order valence-electron chi connectivity index (χ0n) is 14.4. The Hall–Kier alpha value is -2.61. The van der Waals surface area contributed by atoms with Gasteiger partial charge in [-0.25, -0.2) is 4.79 Å². The third kappa shape index (κ3) is 3.12. The van der Waals surface area contributed by atoms with E-state index in [-0.39, 0.29) is 24.5 Å². The second-order valence-electron chi connectivity index (χ2n) is 6.64. The second-order valence-corrected chi connectivity index (χ2v) is 6.64. The maximum absolute atomic E-state index is 12.3. The standard InChI is InChI=1S/C18H21N3O5/c22-16(20-6-8-25-9-7-20)11-26-18(24)12-3-4-14-13(10-12)19-17(23)15-2-1-5-21(14)15/h3-4,10,15H,1-2,5-9,11H2,(H,19,23)/t15-/m1/s1. The third-order valence-corrected chi connectivity index (χ3v) is 5.05. The Morgan fingerprint density at radius 1 is 1.23 bits per heavy atom. The van der Waals surface area contributed by atoms with Crippen LogP contribution in [0.3, 0.4) is 0 Å². The van der Waals surface area contributed by atoms with Gasteiger partial charge >= 0.3 is 5.97 Å². The molecule has 2 amide bonds. The number of nitrogens with zero attached hydrogens (tertiary/aromatic N) is 2. The first-order valence-corrected chi connectivity index (χ1v) is 8.88. The predicted octanol–water partition coefficient (Wildman–Crippen LogP) is 0.623. The van der Waals surface area contributed by atoms with Crippen molar-refractivity contribution >= 4 is 29.2 Å². The number of carbonyl (C=O) groups is 3. The van der Waals surface area contributed by atoms with Crippen molar-refractivity contribution in [2.45, 2.75) is 18.9 Å². The average Bonchev–Trinajstić information content (AvgIpc) is 3.17. The first kappa shape index (κ1) is 16.8. The largest absolute Gasteiger partial charge is 0.452 e. The molecule has 3 aliphatic rings. The van der Waals surface area contributed by atoms with Gasteiger partial charge in [-0.3, -0.25) is 9.59 Å². The number of anilines is 2. The van der Waals surface area contributed by atoms with E-state index in [1.165, 1.54) is 0 Å². The highest BCUT2D eigenvalue weighted by Gasteiger charge is 2.36. The van der Waals surface area contributed by atoms with Crippen LogP contribution in [0.1, 0.15) is 23.2 Å². The van der Waals surface area contributed by atoms with Crippen LogP contribution < -0.4 is 10.2 Å². The van der Waals surface area contributed by atoms with Gasteiger partial charge in [0.05, 0.1) is 30.2 Å². The number of carbonyl (C=O) groups excluding carboxylic acids is 3. The summed E-state index contributed by atoms with van der Waals surface area (Å²) in [4.78, 5) is 40.2. The molecule has 2 saturated heterocycles. The number of ether oxygens (including phenoxy) is 2. The molecule has 2 fully saturated rings. The first-order valence-electron chi connectivity index (χ1n) is 8.88. The van der Waals surface area contributed by atoms with Crippen LogP contribution in [-0.2, 0) is 19.1 Å². The van der Waals surface area contributed by atoms with Gasteiger partial charge in [0, 0.05) is 19.6 Å². The van der Waals surface area contributed by atoms with Crippen LogP contribution in [0.15, 0.2) is 18.2 Å². The molecule has 0 unspecified atom stereocenters. The Morgan fingerprint density at radius 2 is 2.04 bits per heavy atom. The molecule has 4 rings (SSSR count). The van der Waals surface area contributed by atoms with E-state index in [9.17, 15) is 14.4 Å². The molecule has 0 radical (unpaired) electrons. The summed E-state index contributed by atoms with van der Waals surface area (Å²) in [7, 11) is 0. The van der Waals surface area contributed by atoms with Gasteiger partial charge in [0.2, 0.25) is 5.91 Å². The maximum Gasteiger partial charge on any atom is 0.338 e. The monoisotopic (exact) mass is 359 g/mol. The lowest BCUT2D eigenvalue weighted by Crippen LogP contribution is -2.44. The minimum Gasteiger partial charge on any atom is -0.452 e. The van der Waals surface area contributed by atoms with E-state index in [0.29, 0.717) is 37.6 Å². The van der Waals surface area contributed by atoms with Crippen LogP contribution in [0.5, 0.6) is 0 Å². The zero-order chi connectivity index (χ0) is 18.1. The van der Waals surface area contributed by atoms with Gasteiger partial charge in [0.1, 0.15) is 6.04 Å². The van der Waals surface area contributed by atoms with Gasteiger partial charge in [-0.1, -0.05) is 0 Å². The summed E-state index contributed by atoms with van der Waals surface area (Å²) in [5, 5.41) is 2.87. The van der Waals surface area contributed by atoms with Crippen molar-refractivity contribution in [3.63, 3.8) is 0 Å². The molecule has 0 aliphatic carbocycles. The number of esters is 1. The molecule has 1 atom stereocenters. The van der Waals surface area contributed by atoms with Crippen LogP contribution in [0.25, 0.3) is 0 Å². The Labute approximate surface area is 151 Å². The van der Waals surface area contributed by atoms with Crippen molar-refractivity contribution in [3.05, 3.63) is 23.8 Å². The van der Waals surface area contributed by atoms with Crippen LogP contribution in [-0.4, -0.2) is 68.2 Å². The molecule has 138 valence electrons. The normalized spacial score (nSPS) is 21.7. The molecule has 1 aromatic rings. The van der Waals surface area contributed by atoms with Gasteiger partial charge < -0.3 is 24.6 Å². The van der Waals surface area contributed by atoms with E-state index in [1.807, 2.05) is 6.07 Å². The van der Waals surface area contributed by atoms with Gasteiger partial charge in [0.15, 0.2) is 6.61 Å². The number of morpholine rings is 1. The van der Waals surface area contributed by atoms with E-state index in [4.69, 9.17) is 9.47 Å². The molecule has 3 aliphatic heterocycles. The fourth-order valence-corrected chi connectivity index (χ4v) is 3.67. The van der Waals surface area contributed by atoms with Crippen LogP contribution in [0, 0.1) is 0 Å². The average molecular weight is 359 g/mol. The number of nitrogens with one attached hydrogen (secondary N) is 1. The molecule has 8 heteroatoms. The first-order chi connectivity index (χ1) is 12.6. The molecule has 1 aromatic carbocycles. The number of fused-ring (bicyclic) bond motifs is 3. The zero-order valence-corrected chi connectivity index (χ0v) is 14.4. The minimum atomic E-state index is -0.577. The summed E-state index contributed by atoms with van der Waals surface area (Å²) >= 11 is 0. The summed E-state index contributed by atoms with van der Waals surface area (Å²) in [6.45, 7) is 2.57. The van der Waals surface area contributed by atoms with E-state index in [1.54, 1.807) is 17.0 Å². The highest BCUT2D eigenvalue weighted by atomic mass is 16.5. The molecule has 26 heavy (non-hydrogen) atoms. The smallest absolute Gasteiger partial charge is 0.338 e. The van der Waals surface area contributed by atoms with E-state index >= 15 is 0 Å². The van der Waals surface area contributed by atoms with Gasteiger partial charge in [-0.05, 0) is 31.0 Å². The van der Waals surface area contributed by atoms with Crippen molar-refractivity contribution in [2.24, 2.45) is 0 Å². The SMILES string of the molecule is O=C(OCC(=O)N1CCOCC1)c1ccc2c(c1)NC(=O)[C@H]1CCCN21. The maximum atomic E-state index is 12.3. The van der Waals surface area contributed by atoms with Crippen LogP contribution >= 0.6 is 0 Å². The Morgan fingerprint density at radius 3 is 2.85 bits per heavy atom. The highest BCUT2D eigenvalue weighted by molar-refractivity contribution is 6.05. The van der Waals surface area contributed by atoms with E-state index in [2.05, 4.69) is 10.2 Å². The van der Waals surface area contributed by atoms with Crippen molar-refractivity contribution < 1.29 is 23.9 Å². The molecule has 8 nitrogen and oxygen atoms in total. The number of rotatable bonds is 3. The Balaban J connectivity index is 1.42. The summed E-state index contributed by atoms with van der Waals surface area (Å²) in [5.74, 6) is -0.844. The molecular weight excluding hydrogens is 338 g/mol. The summed E-state index contributed by atoms with van der Waals surface area (Å²) in [5.41, 5.74) is 1.85. The van der Waals surface area contributed by atoms with Crippen molar-refractivity contribution in [1.82, 2.24) is 4.90 Å². The van der Waals surface area contributed by atoms with Gasteiger partial charge in [-0.15, -0.1) is 0 Å². The lowest BCUT2D eigenvalue weighted by molar-refractivity contribution is -0.138. The third-order valence-electron chi connectivity index (χ3n) is 5.05. The topological polar surface area (TPSA) is 88.2 Å². The fourth-order valence-electron chi connectivity index (χ4n) is 3.67. The van der Waals surface area contributed by atoms with Crippen molar-refractivity contribution in [3.8, 4) is 0 Å². The lowest BCUT2D eigenvalue weighted by atomic mass is 10.1. The van der Waals surface area contributed by atoms with Gasteiger partial charge in [-0.2, -0.15) is 0 Å². The van der Waals surface area contributed by atoms with E-state index in [0.717, 1.165) is 25.1 Å². The number of benzene rings is 1. The fraction of sp³-hybridized carbons (Fsp3) is 0.500. The Kier molecular flexibility index (Phi) is 4.50. The van der Waals surface area contributed by atoms with E-state index < -0.39 is 5.97 Å². The predicted molar refractivity (Wildman–Crippen MR) is 93.1 cm³/mol. The molecule has 3 heterocycles. The van der Waals surface area contributed by atoms with Crippen LogP contribution in [0.4, 0.5) is 11.4 Å². The van der Waals surface area contributed by atoms with Crippen LogP contribution in [0.2, 0.25) is 0 Å². The molecule has 0 bridgehead atoms. The molecular formula is C18H21N3O5. The summed E-state index contributed by atoms with van der Waals surface area (Å²) in [6.07, 6.45) is 1.82.